The fraction of sp³-hybridized carbons (Fsp3) is 0.500. The summed E-state index contributed by atoms with van der Waals surface area (Å²) in [5, 5.41) is 23.0. The molecule has 1 amide bonds. The molecule has 0 aromatic heterocycles. The molecule has 0 bridgehead atoms. The second-order valence-corrected chi connectivity index (χ2v) is 5.00. The Labute approximate surface area is 122 Å². The molecule has 7 nitrogen and oxygen atoms in total. The van der Waals surface area contributed by atoms with E-state index >= 15 is 0 Å². The monoisotopic (exact) mass is 294 g/mol. The van der Waals surface area contributed by atoms with Gasteiger partial charge in [0.15, 0.2) is 5.75 Å². The van der Waals surface area contributed by atoms with Crippen LogP contribution in [0.2, 0.25) is 0 Å². The van der Waals surface area contributed by atoms with Crippen molar-refractivity contribution in [2.45, 2.75) is 38.3 Å². The number of nitro benzene ring substituents is 1. The second kappa shape index (κ2) is 6.53. The van der Waals surface area contributed by atoms with Crippen LogP contribution in [0, 0.1) is 10.1 Å². The number of carbonyl (C=O) groups excluding carboxylic acids is 1. The third-order valence-electron chi connectivity index (χ3n) is 3.60. The van der Waals surface area contributed by atoms with Crippen LogP contribution < -0.4 is 5.32 Å². The minimum atomic E-state index is -0.719. The SMILES string of the molecule is CC[C@H](NC(=O)c1ccc(O)c([N+](=O)[O-])c1)[C@H]1CCCO1. The number of ether oxygens (including phenoxy) is 1. The fourth-order valence-electron chi connectivity index (χ4n) is 2.44. The molecule has 1 fully saturated rings. The summed E-state index contributed by atoms with van der Waals surface area (Å²) < 4.78 is 5.56. The lowest BCUT2D eigenvalue weighted by Gasteiger charge is -2.22. The number of carbonyl (C=O) groups is 1. The quantitative estimate of drug-likeness (QED) is 0.638. The summed E-state index contributed by atoms with van der Waals surface area (Å²) in [6.07, 6.45) is 2.58. The van der Waals surface area contributed by atoms with Gasteiger partial charge in [0.25, 0.3) is 5.91 Å². The molecule has 1 saturated heterocycles. The van der Waals surface area contributed by atoms with Gasteiger partial charge < -0.3 is 15.2 Å². The van der Waals surface area contributed by atoms with Crippen LogP contribution in [0.25, 0.3) is 0 Å². The van der Waals surface area contributed by atoms with Crippen molar-refractivity contribution < 1.29 is 19.6 Å². The molecular formula is C14H18N2O5. The standard InChI is InChI=1S/C14H18N2O5/c1-2-10(13-4-3-7-21-13)15-14(18)9-5-6-12(17)11(8-9)16(19)20/h5-6,8,10,13,17H,2-4,7H2,1H3,(H,15,18)/t10-,13+/m0/s1. The largest absolute Gasteiger partial charge is 0.502 e. The van der Waals surface area contributed by atoms with Crippen LogP contribution in [0.3, 0.4) is 0 Å². The summed E-state index contributed by atoms with van der Waals surface area (Å²) in [5.74, 6) is -0.858. The first-order chi connectivity index (χ1) is 10.0. The number of aromatic hydroxyl groups is 1. The molecule has 2 N–H and O–H groups in total. The Kier molecular flexibility index (Phi) is 4.74. The summed E-state index contributed by atoms with van der Waals surface area (Å²) in [4.78, 5) is 22.2. The zero-order chi connectivity index (χ0) is 15.4. The van der Waals surface area contributed by atoms with Crippen LogP contribution in [-0.4, -0.2) is 34.7 Å². The number of rotatable bonds is 5. The van der Waals surface area contributed by atoms with Gasteiger partial charge in [0.2, 0.25) is 0 Å². The van der Waals surface area contributed by atoms with E-state index in [1.807, 2.05) is 6.92 Å². The van der Waals surface area contributed by atoms with Crippen molar-refractivity contribution in [1.82, 2.24) is 5.32 Å². The molecule has 0 aliphatic carbocycles. The van der Waals surface area contributed by atoms with Gasteiger partial charge in [0, 0.05) is 18.2 Å². The Morgan fingerprint density at radius 2 is 2.38 bits per heavy atom. The van der Waals surface area contributed by atoms with E-state index in [2.05, 4.69) is 5.32 Å². The highest BCUT2D eigenvalue weighted by Crippen LogP contribution is 2.26. The number of hydrogen-bond donors (Lipinski definition) is 2. The van der Waals surface area contributed by atoms with Gasteiger partial charge in [-0.3, -0.25) is 14.9 Å². The van der Waals surface area contributed by atoms with Crippen molar-refractivity contribution in [2.24, 2.45) is 0 Å². The Bertz CT molecular complexity index is 540. The van der Waals surface area contributed by atoms with E-state index in [1.165, 1.54) is 6.07 Å². The Hall–Kier alpha value is -2.15. The molecule has 1 aliphatic heterocycles. The van der Waals surface area contributed by atoms with Crippen LogP contribution in [-0.2, 0) is 4.74 Å². The average molecular weight is 294 g/mol. The summed E-state index contributed by atoms with van der Waals surface area (Å²) >= 11 is 0. The molecule has 114 valence electrons. The maximum Gasteiger partial charge on any atom is 0.311 e. The van der Waals surface area contributed by atoms with Crippen LogP contribution in [0.4, 0.5) is 5.69 Å². The van der Waals surface area contributed by atoms with Crippen molar-refractivity contribution in [1.29, 1.82) is 0 Å². The highest BCUT2D eigenvalue weighted by Gasteiger charge is 2.27. The third kappa shape index (κ3) is 3.49. The number of phenolic OH excluding ortho intramolecular Hbond substituents is 1. The van der Waals surface area contributed by atoms with Crippen LogP contribution in [0.15, 0.2) is 18.2 Å². The summed E-state index contributed by atoms with van der Waals surface area (Å²) in [6, 6.07) is 3.47. The van der Waals surface area contributed by atoms with Crippen molar-refractivity contribution in [3.63, 3.8) is 0 Å². The molecule has 1 aromatic rings. The van der Waals surface area contributed by atoms with E-state index in [4.69, 9.17) is 4.74 Å². The highest BCUT2D eigenvalue weighted by molar-refractivity contribution is 5.95. The summed E-state index contributed by atoms with van der Waals surface area (Å²) in [5.41, 5.74) is -0.330. The van der Waals surface area contributed by atoms with E-state index < -0.39 is 22.3 Å². The first-order valence-electron chi connectivity index (χ1n) is 6.92. The van der Waals surface area contributed by atoms with Gasteiger partial charge in [-0.15, -0.1) is 0 Å². The third-order valence-corrected chi connectivity index (χ3v) is 3.60. The lowest BCUT2D eigenvalue weighted by molar-refractivity contribution is -0.385. The van der Waals surface area contributed by atoms with E-state index in [0.29, 0.717) is 6.61 Å². The van der Waals surface area contributed by atoms with Crippen molar-refractivity contribution in [2.75, 3.05) is 6.61 Å². The van der Waals surface area contributed by atoms with E-state index in [0.717, 1.165) is 31.4 Å². The van der Waals surface area contributed by atoms with Gasteiger partial charge in [0.05, 0.1) is 17.1 Å². The van der Waals surface area contributed by atoms with E-state index in [1.54, 1.807) is 0 Å². The molecule has 0 radical (unpaired) electrons. The van der Waals surface area contributed by atoms with Crippen molar-refractivity contribution in [3.05, 3.63) is 33.9 Å². The molecular weight excluding hydrogens is 276 g/mol. The van der Waals surface area contributed by atoms with Gasteiger partial charge in [0.1, 0.15) is 0 Å². The zero-order valence-corrected chi connectivity index (χ0v) is 11.7. The Balaban J connectivity index is 2.12. The Morgan fingerprint density at radius 1 is 1.62 bits per heavy atom. The highest BCUT2D eigenvalue weighted by atomic mass is 16.6. The van der Waals surface area contributed by atoms with E-state index in [-0.39, 0.29) is 17.7 Å². The number of amides is 1. The molecule has 21 heavy (non-hydrogen) atoms. The zero-order valence-electron chi connectivity index (χ0n) is 11.7. The molecule has 1 heterocycles. The topological polar surface area (TPSA) is 102 Å². The predicted octanol–water partition coefficient (Wildman–Crippen LogP) is 1.99. The number of benzene rings is 1. The number of nitrogens with zero attached hydrogens (tertiary/aromatic N) is 1. The molecule has 2 rings (SSSR count). The molecule has 1 aromatic carbocycles. The van der Waals surface area contributed by atoms with Crippen molar-refractivity contribution in [3.8, 4) is 5.75 Å². The summed E-state index contributed by atoms with van der Waals surface area (Å²) in [7, 11) is 0. The minimum Gasteiger partial charge on any atom is -0.502 e. The van der Waals surface area contributed by atoms with E-state index in [9.17, 15) is 20.0 Å². The van der Waals surface area contributed by atoms with Gasteiger partial charge >= 0.3 is 5.69 Å². The Morgan fingerprint density at radius 3 is 2.95 bits per heavy atom. The number of nitro groups is 1. The summed E-state index contributed by atoms with van der Waals surface area (Å²) in [6.45, 7) is 2.65. The van der Waals surface area contributed by atoms with Gasteiger partial charge in [-0.2, -0.15) is 0 Å². The van der Waals surface area contributed by atoms with Gasteiger partial charge in [-0.25, -0.2) is 0 Å². The number of nitrogens with one attached hydrogen (secondary N) is 1. The van der Waals surface area contributed by atoms with Gasteiger partial charge in [-0.05, 0) is 31.4 Å². The van der Waals surface area contributed by atoms with Crippen molar-refractivity contribution >= 4 is 11.6 Å². The fourth-order valence-corrected chi connectivity index (χ4v) is 2.44. The smallest absolute Gasteiger partial charge is 0.311 e. The minimum absolute atomic E-state index is 0.00829. The first-order valence-corrected chi connectivity index (χ1v) is 6.92. The average Bonchev–Trinajstić information content (AvgIpc) is 2.98. The van der Waals surface area contributed by atoms with Crippen LogP contribution in [0.5, 0.6) is 5.75 Å². The maximum absolute atomic E-state index is 12.2. The molecule has 0 unspecified atom stereocenters. The number of hydrogen-bond acceptors (Lipinski definition) is 5. The predicted molar refractivity (Wildman–Crippen MR) is 75.3 cm³/mol. The normalized spacial score (nSPS) is 19.2. The van der Waals surface area contributed by atoms with Crippen LogP contribution in [0.1, 0.15) is 36.5 Å². The molecule has 7 heteroatoms. The molecule has 0 spiro atoms. The number of phenols is 1. The lowest BCUT2D eigenvalue weighted by Crippen LogP contribution is -2.42. The molecule has 2 atom stereocenters. The molecule has 0 saturated carbocycles. The first kappa shape index (κ1) is 15.2. The second-order valence-electron chi connectivity index (χ2n) is 5.00. The van der Waals surface area contributed by atoms with Gasteiger partial charge in [-0.1, -0.05) is 6.92 Å². The lowest BCUT2D eigenvalue weighted by atomic mass is 10.0. The molecule has 1 aliphatic rings. The maximum atomic E-state index is 12.2. The van der Waals surface area contributed by atoms with Crippen LogP contribution >= 0.6 is 0 Å².